The minimum atomic E-state index is 0.0648. The lowest BCUT2D eigenvalue weighted by atomic mass is 10.1. The molecule has 1 rings (SSSR count). The maximum absolute atomic E-state index is 11.1. The summed E-state index contributed by atoms with van der Waals surface area (Å²) < 4.78 is 0. The number of carbonyl (C=O) groups is 1. The molecule has 0 saturated carbocycles. The summed E-state index contributed by atoms with van der Waals surface area (Å²) in [6.45, 7) is 0. The van der Waals surface area contributed by atoms with E-state index in [1.807, 2.05) is 0 Å². The van der Waals surface area contributed by atoms with E-state index in [4.69, 9.17) is 23.2 Å². The van der Waals surface area contributed by atoms with E-state index in [1.165, 1.54) is 0 Å². The highest BCUT2D eigenvalue weighted by atomic mass is 79.9. The Kier molecular flexibility index (Phi) is 4.23. The Bertz CT molecular complexity index is 305. The first-order valence-corrected chi connectivity index (χ1v) is 5.53. The molecule has 0 saturated heterocycles. The van der Waals surface area contributed by atoms with Crippen LogP contribution in [0.2, 0.25) is 10.0 Å². The molecule has 4 heteroatoms. The minimum Gasteiger partial charge on any atom is -0.298 e. The molecule has 13 heavy (non-hydrogen) atoms. The van der Waals surface area contributed by atoms with Gasteiger partial charge in [-0.3, -0.25) is 4.79 Å². The molecule has 0 unspecified atom stereocenters. The molecule has 0 amide bonds. The van der Waals surface area contributed by atoms with Crippen molar-refractivity contribution >= 4 is 44.9 Å². The maximum Gasteiger partial charge on any atom is 0.147 e. The number of ketones is 1. The van der Waals surface area contributed by atoms with Gasteiger partial charge in [-0.05, 0) is 17.7 Å². The van der Waals surface area contributed by atoms with Crippen LogP contribution in [-0.2, 0) is 11.2 Å². The summed E-state index contributed by atoms with van der Waals surface area (Å²) in [6, 6.07) is 5.21. The third-order valence-corrected chi connectivity index (χ3v) is 2.92. The van der Waals surface area contributed by atoms with Gasteiger partial charge in [0.1, 0.15) is 5.78 Å². The molecule has 1 aromatic carbocycles. The van der Waals surface area contributed by atoms with Gasteiger partial charge < -0.3 is 0 Å². The zero-order chi connectivity index (χ0) is 9.84. The van der Waals surface area contributed by atoms with Gasteiger partial charge in [0.05, 0.1) is 5.33 Å². The van der Waals surface area contributed by atoms with Crippen molar-refractivity contribution < 1.29 is 4.79 Å². The fourth-order valence-corrected chi connectivity index (χ4v) is 1.67. The number of carbonyl (C=O) groups excluding carboxylic acids is 1. The Morgan fingerprint density at radius 1 is 1.31 bits per heavy atom. The van der Waals surface area contributed by atoms with Gasteiger partial charge in [0.25, 0.3) is 0 Å². The molecule has 0 aliphatic carbocycles. The molecule has 0 aliphatic heterocycles. The van der Waals surface area contributed by atoms with Crippen LogP contribution >= 0.6 is 39.1 Å². The lowest BCUT2D eigenvalue weighted by Gasteiger charge is -2.04. The number of hydrogen-bond donors (Lipinski definition) is 0. The van der Waals surface area contributed by atoms with E-state index >= 15 is 0 Å². The standard InChI is InChI=1S/C9H7BrCl2O/c10-5-6(13)4-7-8(11)2-1-3-9(7)12/h1-3H,4-5H2. The van der Waals surface area contributed by atoms with E-state index in [9.17, 15) is 4.79 Å². The van der Waals surface area contributed by atoms with Crippen LogP contribution in [0.5, 0.6) is 0 Å². The highest BCUT2D eigenvalue weighted by Crippen LogP contribution is 2.24. The Labute approximate surface area is 95.2 Å². The van der Waals surface area contributed by atoms with E-state index < -0.39 is 0 Å². The zero-order valence-corrected chi connectivity index (χ0v) is 9.79. The van der Waals surface area contributed by atoms with Gasteiger partial charge in [-0.15, -0.1) is 0 Å². The Morgan fingerprint density at radius 2 is 1.85 bits per heavy atom. The van der Waals surface area contributed by atoms with Gasteiger partial charge in [0.15, 0.2) is 0 Å². The molecule has 1 nitrogen and oxygen atoms in total. The van der Waals surface area contributed by atoms with Crippen LogP contribution in [0.3, 0.4) is 0 Å². The van der Waals surface area contributed by atoms with Gasteiger partial charge in [-0.2, -0.15) is 0 Å². The van der Waals surface area contributed by atoms with Crippen LogP contribution in [0.25, 0.3) is 0 Å². The van der Waals surface area contributed by atoms with Crippen molar-refractivity contribution in [1.82, 2.24) is 0 Å². The molecule has 0 aromatic heterocycles. The van der Waals surface area contributed by atoms with E-state index in [1.54, 1.807) is 18.2 Å². The molecule has 0 N–H and O–H groups in total. The lowest BCUT2D eigenvalue weighted by Crippen LogP contribution is -2.04. The topological polar surface area (TPSA) is 17.1 Å². The number of benzene rings is 1. The number of rotatable bonds is 3. The third kappa shape index (κ3) is 2.97. The summed E-state index contributed by atoms with van der Waals surface area (Å²) >= 11 is 14.8. The molecule has 0 atom stereocenters. The van der Waals surface area contributed by atoms with Crippen molar-refractivity contribution in [3.8, 4) is 0 Å². The number of alkyl halides is 1. The van der Waals surface area contributed by atoms with Gasteiger partial charge >= 0.3 is 0 Å². The average Bonchev–Trinajstić information content (AvgIpc) is 2.11. The van der Waals surface area contributed by atoms with E-state index in [0.29, 0.717) is 20.9 Å². The van der Waals surface area contributed by atoms with Gasteiger partial charge in [-0.25, -0.2) is 0 Å². The lowest BCUT2D eigenvalue weighted by molar-refractivity contribution is -0.115. The van der Waals surface area contributed by atoms with Crippen molar-refractivity contribution in [2.75, 3.05) is 5.33 Å². The molecule has 0 aliphatic rings. The first-order valence-electron chi connectivity index (χ1n) is 3.65. The predicted octanol–water partition coefficient (Wildman–Crippen LogP) is 3.50. The second kappa shape index (κ2) is 4.99. The van der Waals surface area contributed by atoms with Gasteiger partial charge in [0.2, 0.25) is 0 Å². The first kappa shape index (κ1) is 11.0. The van der Waals surface area contributed by atoms with Crippen LogP contribution in [0, 0.1) is 0 Å². The summed E-state index contributed by atoms with van der Waals surface area (Å²) in [5.41, 5.74) is 0.704. The second-order valence-corrected chi connectivity index (χ2v) is 3.92. The molecular formula is C9H7BrCl2O. The first-order chi connectivity index (χ1) is 6.15. The summed E-state index contributed by atoms with van der Waals surface area (Å²) in [7, 11) is 0. The normalized spacial score (nSPS) is 10.1. The molecule has 1 aromatic rings. The SMILES string of the molecule is O=C(CBr)Cc1c(Cl)cccc1Cl. The van der Waals surface area contributed by atoms with Crippen molar-refractivity contribution in [3.05, 3.63) is 33.8 Å². The fraction of sp³-hybridized carbons (Fsp3) is 0.222. The van der Waals surface area contributed by atoms with Gasteiger partial charge in [0, 0.05) is 16.5 Å². The van der Waals surface area contributed by atoms with Crippen molar-refractivity contribution in [2.45, 2.75) is 6.42 Å². The predicted molar refractivity (Wildman–Crippen MR) is 59.0 cm³/mol. The molecule has 0 heterocycles. The van der Waals surface area contributed by atoms with E-state index in [2.05, 4.69) is 15.9 Å². The summed E-state index contributed by atoms with van der Waals surface area (Å²) in [5, 5.41) is 1.41. The van der Waals surface area contributed by atoms with Gasteiger partial charge in [-0.1, -0.05) is 45.2 Å². The van der Waals surface area contributed by atoms with Crippen LogP contribution in [0.1, 0.15) is 5.56 Å². The third-order valence-electron chi connectivity index (χ3n) is 1.58. The van der Waals surface area contributed by atoms with E-state index in [-0.39, 0.29) is 12.2 Å². The second-order valence-electron chi connectivity index (χ2n) is 2.55. The molecular weight excluding hydrogens is 275 g/mol. The summed E-state index contributed by atoms with van der Waals surface area (Å²) in [5.74, 6) is 0.0648. The van der Waals surface area contributed by atoms with Crippen molar-refractivity contribution in [1.29, 1.82) is 0 Å². The molecule has 0 radical (unpaired) electrons. The number of Topliss-reactive ketones (excluding diaryl/α,β-unsaturated/α-hetero) is 1. The highest BCUT2D eigenvalue weighted by molar-refractivity contribution is 9.09. The number of halogens is 3. The largest absolute Gasteiger partial charge is 0.298 e. The zero-order valence-electron chi connectivity index (χ0n) is 6.69. The highest BCUT2D eigenvalue weighted by Gasteiger charge is 2.09. The van der Waals surface area contributed by atoms with Crippen molar-refractivity contribution in [3.63, 3.8) is 0 Å². The Hall–Kier alpha value is -0.0500. The molecule has 0 fully saturated rings. The molecule has 70 valence electrons. The smallest absolute Gasteiger partial charge is 0.147 e. The maximum atomic E-state index is 11.1. The minimum absolute atomic E-state index is 0.0648. The summed E-state index contributed by atoms with van der Waals surface area (Å²) in [6.07, 6.45) is 0.282. The van der Waals surface area contributed by atoms with Crippen LogP contribution in [-0.4, -0.2) is 11.1 Å². The van der Waals surface area contributed by atoms with Crippen molar-refractivity contribution in [2.24, 2.45) is 0 Å². The average molecular weight is 282 g/mol. The molecule has 0 spiro atoms. The Balaban J connectivity index is 2.93. The fourth-order valence-electron chi connectivity index (χ4n) is 0.946. The van der Waals surface area contributed by atoms with Crippen LogP contribution in [0.15, 0.2) is 18.2 Å². The monoisotopic (exact) mass is 280 g/mol. The Morgan fingerprint density at radius 3 is 2.31 bits per heavy atom. The number of hydrogen-bond acceptors (Lipinski definition) is 1. The van der Waals surface area contributed by atoms with Crippen LogP contribution in [0.4, 0.5) is 0 Å². The quantitative estimate of drug-likeness (QED) is 0.775. The summed E-state index contributed by atoms with van der Waals surface area (Å²) in [4.78, 5) is 11.1. The molecule has 0 bridgehead atoms. The van der Waals surface area contributed by atoms with E-state index in [0.717, 1.165) is 0 Å². The van der Waals surface area contributed by atoms with Crippen LogP contribution < -0.4 is 0 Å².